The summed E-state index contributed by atoms with van der Waals surface area (Å²) in [6.45, 7) is 6.68. The van der Waals surface area contributed by atoms with E-state index in [2.05, 4.69) is 47.0 Å². The first-order valence-electron chi connectivity index (χ1n) is 9.89. The summed E-state index contributed by atoms with van der Waals surface area (Å²) in [4.78, 5) is 16.5. The van der Waals surface area contributed by atoms with E-state index in [1.165, 1.54) is 35.1 Å². The SMILES string of the molecule is CCc1cc([C@H](c2ccsc2)N2CCC(C)CC2)c(NC(=O)c2ccco2)s1. The summed E-state index contributed by atoms with van der Waals surface area (Å²) in [6.07, 6.45) is 4.94. The van der Waals surface area contributed by atoms with Gasteiger partial charge in [0.1, 0.15) is 5.00 Å². The molecule has 1 amide bonds. The van der Waals surface area contributed by atoms with Crippen molar-refractivity contribution in [2.75, 3.05) is 18.4 Å². The Morgan fingerprint density at radius 3 is 2.82 bits per heavy atom. The molecule has 6 heteroatoms. The average Bonchev–Trinajstić information content (AvgIpc) is 3.46. The van der Waals surface area contributed by atoms with Gasteiger partial charge in [0.2, 0.25) is 0 Å². The number of likely N-dealkylation sites (tertiary alicyclic amines) is 1. The first-order valence-corrected chi connectivity index (χ1v) is 11.6. The van der Waals surface area contributed by atoms with Crippen molar-refractivity contribution >= 4 is 33.6 Å². The Morgan fingerprint density at radius 1 is 1.36 bits per heavy atom. The van der Waals surface area contributed by atoms with Crippen LogP contribution in [0.2, 0.25) is 0 Å². The minimum atomic E-state index is -0.188. The van der Waals surface area contributed by atoms with Crippen molar-refractivity contribution in [2.24, 2.45) is 5.92 Å². The van der Waals surface area contributed by atoms with Gasteiger partial charge in [-0.15, -0.1) is 11.3 Å². The lowest BCUT2D eigenvalue weighted by Gasteiger charge is -2.37. The van der Waals surface area contributed by atoms with Crippen molar-refractivity contribution in [3.8, 4) is 0 Å². The molecule has 4 heterocycles. The second kappa shape index (κ2) is 8.64. The number of nitrogens with zero attached hydrogens (tertiary/aromatic N) is 1. The molecule has 0 aliphatic carbocycles. The highest BCUT2D eigenvalue weighted by Crippen LogP contribution is 2.41. The van der Waals surface area contributed by atoms with Gasteiger partial charge in [0.05, 0.1) is 12.3 Å². The van der Waals surface area contributed by atoms with E-state index in [1.807, 2.05) is 0 Å². The van der Waals surface area contributed by atoms with Gasteiger partial charge >= 0.3 is 0 Å². The van der Waals surface area contributed by atoms with E-state index in [9.17, 15) is 4.79 Å². The minimum absolute atomic E-state index is 0.183. The molecular formula is C22H26N2O2S2. The molecule has 1 atom stereocenters. The highest BCUT2D eigenvalue weighted by atomic mass is 32.1. The first-order chi connectivity index (χ1) is 13.7. The van der Waals surface area contributed by atoms with E-state index < -0.39 is 0 Å². The maximum Gasteiger partial charge on any atom is 0.291 e. The summed E-state index contributed by atoms with van der Waals surface area (Å²) in [6, 6.07) is 8.12. The number of aryl methyl sites for hydroxylation is 1. The molecule has 4 nitrogen and oxygen atoms in total. The van der Waals surface area contributed by atoms with Crippen LogP contribution in [0.3, 0.4) is 0 Å². The molecule has 4 rings (SSSR count). The van der Waals surface area contributed by atoms with E-state index in [0.29, 0.717) is 5.76 Å². The van der Waals surface area contributed by atoms with Crippen molar-refractivity contribution in [3.05, 3.63) is 63.1 Å². The highest BCUT2D eigenvalue weighted by molar-refractivity contribution is 7.16. The number of hydrogen-bond donors (Lipinski definition) is 1. The van der Waals surface area contributed by atoms with Crippen molar-refractivity contribution in [3.63, 3.8) is 0 Å². The van der Waals surface area contributed by atoms with E-state index in [0.717, 1.165) is 30.4 Å². The fourth-order valence-corrected chi connectivity index (χ4v) is 5.51. The molecule has 1 aliphatic rings. The minimum Gasteiger partial charge on any atom is -0.459 e. The first kappa shape index (κ1) is 19.4. The Balaban J connectivity index is 1.69. The van der Waals surface area contributed by atoms with E-state index in [1.54, 1.807) is 34.8 Å². The van der Waals surface area contributed by atoms with Gasteiger partial charge in [-0.1, -0.05) is 13.8 Å². The van der Waals surface area contributed by atoms with Crippen LogP contribution in [0.5, 0.6) is 0 Å². The molecule has 28 heavy (non-hydrogen) atoms. The molecule has 0 unspecified atom stereocenters. The molecule has 148 valence electrons. The van der Waals surface area contributed by atoms with Gasteiger partial charge in [-0.3, -0.25) is 9.69 Å². The van der Waals surface area contributed by atoms with Crippen LogP contribution in [0.25, 0.3) is 0 Å². The van der Waals surface area contributed by atoms with Crippen molar-refractivity contribution in [2.45, 2.75) is 39.2 Å². The lowest BCUT2D eigenvalue weighted by atomic mass is 9.94. The standard InChI is InChI=1S/C22H26N2O2S2/c1-3-17-13-18(22(28-17)23-21(25)19-5-4-11-26-19)20(16-8-12-27-14-16)24-9-6-15(2)7-10-24/h4-5,8,11-15,20H,3,6-7,9-10H2,1-2H3,(H,23,25)/t20-/m0/s1. The number of nitrogens with one attached hydrogen (secondary N) is 1. The van der Waals surface area contributed by atoms with Gasteiger partial charge in [-0.05, 0) is 78.9 Å². The molecule has 1 saturated heterocycles. The van der Waals surface area contributed by atoms with Gasteiger partial charge in [0.15, 0.2) is 5.76 Å². The molecule has 3 aromatic heterocycles. The van der Waals surface area contributed by atoms with Crippen LogP contribution in [-0.2, 0) is 6.42 Å². The second-order valence-corrected chi connectivity index (χ2v) is 9.38. The predicted molar refractivity (Wildman–Crippen MR) is 116 cm³/mol. The fraction of sp³-hybridized carbons (Fsp3) is 0.409. The van der Waals surface area contributed by atoms with Crippen LogP contribution in [0.4, 0.5) is 5.00 Å². The number of thiophene rings is 2. The normalized spacial score (nSPS) is 16.9. The van der Waals surface area contributed by atoms with Crippen molar-refractivity contribution in [1.29, 1.82) is 0 Å². The quantitative estimate of drug-likeness (QED) is 0.535. The number of carbonyl (C=O) groups excluding carboxylic acids is 1. The van der Waals surface area contributed by atoms with Gasteiger partial charge in [-0.2, -0.15) is 11.3 Å². The Labute approximate surface area is 174 Å². The summed E-state index contributed by atoms with van der Waals surface area (Å²) in [5, 5.41) is 8.44. The maximum atomic E-state index is 12.6. The highest BCUT2D eigenvalue weighted by Gasteiger charge is 2.30. The molecule has 0 saturated carbocycles. The summed E-state index contributed by atoms with van der Waals surface area (Å²) in [5.41, 5.74) is 2.52. The molecule has 0 spiro atoms. The van der Waals surface area contributed by atoms with Crippen LogP contribution >= 0.6 is 22.7 Å². The monoisotopic (exact) mass is 414 g/mol. The van der Waals surface area contributed by atoms with Gasteiger partial charge < -0.3 is 9.73 Å². The summed E-state index contributed by atoms with van der Waals surface area (Å²) in [5.74, 6) is 0.939. The second-order valence-electron chi connectivity index (χ2n) is 7.46. The zero-order valence-corrected chi connectivity index (χ0v) is 17.9. The Morgan fingerprint density at radius 2 is 2.18 bits per heavy atom. The zero-order chi connectivity index (χ0) is 19.5. The topological polar surface area (TPSA) is 45.5 Å². The predicted octanol–water partition coefficient (Wildman–Crippen LogP) is 6.04. The number of anilines is 1. The number of piperidine rings is 1. The van der Waals surface area contributed by atoms with Gasteiger partial charge in [-0.25, -0.2) is 0 Å². The molecule has 1 aliphatic heterocycles. The average molecular weight is 415 g/mol. The molecular weight excluding hydrogens is 388 g/mol. The zero-order valence-electron chi connectivity index (χ0n) is 16.3. The number of amides is 1. The van der Waals surface area contributed by atoms with Crippen LogP contribution in [0.1, 0.15) is 59.3 Å². The maximum absolute atomic E-state index is 12.6. The Hall–Kier alpha value is -1.89. The number of rotatable bonds is 6. The largest absolute Gasteiger partial charge is 0.459 e. The van der Waals surface area contributed by atoms with Crippen molar-refractivity contribution < 1.29 is 9.21 Å². The Kier molecular flexibility index (Phi) is 5.99. The third-order valence-electron chi connectivity index (χ3n) is 5.47. The van der Waals surface area contributed by atoms with Gasteiger partial charge in [0.25, 0.3) is 5.91 Å². The summed E-state index contributed by atoms with van der Waals surface area (Å²) >= 11 is 3.41. The van der Waals surface area contributed by atoms with Gasteiger partial charge in [0, 0.05) is 10.4 Å². The Bertz CT molecular complexity index is 891. The molecule has 1 fully saturated rings. The lowest BCUT2D eigenvalue weighted by Crippen LogP contribution is -2.36. The molecule has 0 radical (unpaired) electrons. The van der Waals surface area contributed by atoms with Crippen LogP contribution in [0, 0.1) is 5.92 Å². The molecule has 0 bridgehead atoms. The van der Waals surface area contributed by atoms with E-state index >= 15 is 0 Å². The number of furan rings is 1. The molecule has 0 aromatic carbocycles. The summed E-state index contributed by atoms with van der Waals surface area (Å²) in [7, 11) is 0. The molecule has 3 aromatic rings. The third kappa shape index (κ3) is 4.09. The lowest BCUT2D eigenvalue weighted by molar-refractivity contribution is 0.0996. The fourth-order valence-electron chi connectivity index (χ4n) is 3.81. The van der Waals surface area contributed by atoms with Crippen molar-refractivity contribution in [1.82, 2.24) is 4.90 Å². The third-order valence-corrected chi connectivity index (χ3v) is 7.38. The molecule has 1 N–H and O–H groups in total. The van der Waals surface area contributed by atoms with Crippen LogP contribution in [0.15, 0.2) is 45.7 Å². The smallest absolute Gasteiger partial charge is 0.291 e. The summed E-state index contributed by atoms with van der Waals surface area (Å²) < 4.78 is 5.29. The van der Waals surface area contributed by atoms with E-state index in [-0.39, 0.29) is 11.9 Å². The number of hydrogen-bond acceptors (Lipinski definition) is 5. The van der Waals surface area contributed by atoms with E-state index in [4.69, 9.17) is 4.42 Å². The van der Waals surface area contributed by atoms with Crippen LogP contribution in [-0.4, -0.2) is 23.9 Å². The van der Waals surface area contributed by atoms with Crippen LogP contribution < -0.4 is 5.32 Å². The number of carbonyl (C=O) groups is 1.